The first-order valence-electron chi connectivity index (χ1n) is 10.9. The Kier molecular flexibility index (Phi) is 6.39. The molecule has 5 nitrogen and oxygen atoms in total. The molecular formula is C24H26F3N3O2. The Balaban J connectivity index is 1.37. The Bertz CT molecular complexity index is 980. The Morgan fingerprint density at radius 2 is 1.69 bits per heavy atom. The molecule has 2 fully saturated rings. The van der Waals surface area contributed by atoms with Gasteiger partial charge in [0.2, 0.25) is 5.91 Å². The van der Waals surface area contributed by atoms with E-state index in [1.54, 1.807) is 18.2 Å². The summed E-state index contributed by atoms with van der Waals surface area (Å²) in [7, 11) is 0. The van der Waals surface area contributed by atoms with Crippen LogP contribution in [0.15, 0.2) is 48.5 Å². The summed E-state index contributed by atoms with van der Waals surface area (Å²) >= 11 is 0. The number of rotatable bonds is 6. The summed E-state index contributed by atoms with van der Waals surface area (Å²) in [6, 6.07) is 12.3. The summed E-state index contributed by atoms with van der Waals surface area (Å²) in [6.07, 6.45) is -0.852. The third-order valence-electron chi connectivity index (χ3n) is 5.99. The lowest BCUT2D eigenvalue weighted by Gasteiger charge is -2.35. The van der Waals surface area contributed by atoms with E-state index in [4.69, 9.17) is 0 Å². The van der Waals surface area contributed by atoms with Crippen LogP contribution in [-0.2, 0) is 17.5 Å². The van der Waals surface area contributed by atoms with Gasteiger partial charge in [0.1, 0.15) is 0 Å². The van der Waals surface area contributed by atoms with E-state index < -0.39 is 11.7 Å². The Morgan fingerprint density at radius 3 is 2.38 bits per heavy atom. The highest BCUT2D eigenvalue weighted by atomic mass is 19.4. The van der Waals surface area contributed by atoms with Gasteiger partial charge in [0.25, 0.3) is 5.91 Å². The number of hydrogen-bond acceptors (Lipinski definition) is 3. The number of para-hydroxylation sites is 1. The molecule has 0 aromatic heterocycles. The molecule has 170 valence electrons. The lowest BCUT2D eigenvalue weighted by atomic mass is 10.0. The van der Waals surface area contributed by atoms with Gasteiger partial charge in [0, 0.05) is 37.3 Å². The van der Waals surface area contributed by atoms with Gasteiger partial charge in [-0.15, -0.1) is 0 Å². The predicted molar refractivity (Wildman–Crippen MR) is 115 cm³/mol. The summed E-state index contributed by atoms with van der Waals surface area (Å²) in [4.78, 5) is 27.0. The molecule has 0 unspecified atom stereocenters. The van der Waals surface area contributed by atoms with Crippen LogP contribution in [0.2, 0.25) is 0 Å². The smallest absolute Gasteiger partial charge is 0.371 e. The minimum absolute atomic E-state index is 0.00631. The molecule has 1 aliphatic heterocycles. The summed E-state index contributed by atoms with van der Waals surface area (Å²) < 4.78 is 38.7. The number of anilines is 1. The quantitative estimate of drug-likeness (QED) is 0.703. The predicted octanol–water partition coefficient (Wildman–Crippen LogP) is 4.13. The number of hydrogen-bond donors (Lipinski definition) is 2. The lowest BCUT2D eigenvalue weighted by molar-refractivity contribution is -0.137. The van der Waals surface area contributed by atoms with E-state index in [9.17, 15) is 22.8 Å². The fourth-order valence-corrected chi connectivity index (χ4v) is 4.01. The first-order valence-corrected chi connectivity index (χ1v) is 10.9. The normalized spacial score (nSPS) is 17.2. The summed E-state index contributed by atoms with van der Waals surface area (Å²) in [5.74, 6) is 0.00858. The number of nitrogens with zero attached hydrogens (tertiary/aromatic N) is 1. The number of carbonyl (C=O) groups is 2. The SMILES string of the molecule is O=C(NCc1cccc(C(F)(F)F)c1)c1ccccc1N1CCC(NC(=O)C2CC2)CC1. The number of amides is 2. The van der Waals surface area contributed by atoms with Crippen LogP contribution < -0.4 is 15.5 Å². The van der Waals surface area contributed by atoms with Gasteiger partial charge in [-0.25, -0.2) is 0 Å². The van der Waals surface area contributed by atoms with E-state index in [0.717, 1.165) is 43.5 Å². The van der Waals surface area contributed by atoms with Crippen LogP contribution in [0.1, 0.15) is 47.2 Å². The summed E-state index contributed by atoms with van der Waals surface area (Å²) in [5.41, 5.74) is 0.931. The molecule has 2 aromatic rings. The highest BCUT2D eigenvalue weighted by Crippen LogP contribution is 2.31. The molecule has 4 rings (SSSR count). The van der Waals surface area contributed by atoms with Crippen LogP contribution in [0.25, 0.3) is 0 Å². The van der Waals surface area contributed by atoms with E-state index >= 15 is 0 Å². The molecule has 2 aromatic carbocycles. The molecule has 2 aliphatic rings. The number of halogens is 3. The van der Waals surface area contributed by atoms with Crippen LogP contribution in [0.4, 0.5) is 18.9 Å². The zero-order valence-electron chi connectivity index (χ0n) is 17.6. The van der Waals surface area contributed by atoms with Crippen molar-refractivity contribution in [3.05, 3.63) is 65.2 Å². The van der Waals surface area contributed by atoms with Gasteiger partial charge in [-0.1, -0.05) is 24.3 Å². The third-order valence-corrected chi connectivity index (χ3v) is 5.99. The second-order valence-electron chi connectivity index (χ2n) is 8.44. The number of alkyl halides is 3. The summed E-state index contributed by atoms with van der Waals surface area (Å²) in [6.45, 7) is 1.44. The Labute approximate surface area is 185 Å². The highest BCUT2D eigenvalue weighted by Gasteiger charge is 2.32. The number of benzene rings is 2. The fraction of sp³-hybridized carbons (Fsp3) is 0.417. The number of carbonyl (C=O) groups excluding carboxylic acids is 2. The van der Waals surface area contributed by atoms with E-state index in [2.05, 4.69) is 15.5 Å². The first kappa shape index (κ1) is 22.2. The van der Waals surface area contributed by atoms with Crippen LogP contribution >= 0.6 is 0 Å². The van der Waals surface area contributed by atoms with Gasteiger partial charge in [0.05, 0.1) is 11.1 Å². The number of piperidine rings is 1. The first-order chi connectivity index (χ1) is 15.3. The standard InChI is InChI=1S/C24H26F3N3O2/c25-24(26,27)18-5-3-4-16(14-18)15-28-23(32)20-6-1-2-7-21(20)30-12-10-19(11-13-30)29-22(31)17-8-9-17/h1-7,14,17,19H,8-13,15H2,(H,28,32)(H,29,31). The zero-order chi connectivity index (χ0) is 22.7. The second kappa shape index (κ2) is 9.22. The molecule has 0 radical (unpaired) electrons. The molecule has 1 saturated carbocycles. The monoisotopic (exact) mass is 445 g/mol. The lowest BCUT2D eigenvalue weighted by Crippen LogP contribution is -2.45. The van der Waals surface area contributed by atoms with Crippen molar-refractivity contribution in [1.29, 1.82) is 0 Å². The maximum atomic E-state index is 12.9. The average Bonchev–Trinajstić information content (AvgIpc) is 3.63. The van der Waals surface area contributed by atoms with Crippen molar-refractivity contribution < 1.29 is 22.8 Å². The van der Waals surface area contributed by atoms with Crippen LogP contribution in [0.5, 0.6) is 0 Å². The zero-order valence-corrected chi connectivity index (χ0v) is 17.6. The minimum atomic E-state index is -4.42. The van der Waals surface area contributed by atoms with Crippen molar-refractivity contribution in [3.63, 3.8) is 0 Å². The van der Waals surface area contributed by atoms with Gasteiger partial charge in [-0.3, -0.25) is 9.59 Å². The maximum Gasteiger partial charge on any atom is 0.416 e. The minimum Gasteiger partial charge on any atom is -0.371 e. The molecule has 2 amide bonds. The van der Waals surface area contributed by atoms with Crippen molar-refractivity contribution in [2.75, 3.05) is 18.0 Å². The molecule has 2 N–H and O–H groups in total. The Morgan fingerprint density at radius 1 is 0.969 bits per heavy atom. The van der Waals surface area contributed by atoms with E-state index in [1.165, 1.54) is 6.07 Å². The molecule has 32 heavy (non-hydrogen) atoms. The second-order valence-corrected chi connectivity index (χ2v) is 8.44. The summed E-state index contributed by atoms with van der Waals surface area (Å²) in [5, 5.41) is 5.86. The molecule has 1 saturated heterocycles. The van der Waals surface area contributed by atoms with Crippen molar-refractivity contribution in [3.8, 4) is 0 Å². The third kappa shape index (κ3) is 5.41. The van der Waals surface area contributed by atoms with E-state index in [-0.39, 0.29) is 30.3 Å². The van der Waals surface area contributed by atoms with Gasteiger partial charge in [0.15, 0.2) is 0 Å². The highest BCUT2D eigenvalue weighted by molar-refractivity contribution is 5.99. The van der Waals surface area contributed by atoms with Gasteiger partial charge < -0.3 is 15.5 Å². The molecule has 1 aliphatic carbocycles. The molecule has 0 atom stereocenters. The largest absolute Gasteiger partial charge is 0.416 e. The van der Waals surface area contributed by atoms with Crippen LogP contribution in [0.3, 0.4) is 0 Å². The van der Waals surface area contributed by atoms with Crippen molar-refractivity contribution in [2.24, 2.45) is 5.92 Å². The fourth-order valence-electron chi connectivity index (χ4n) is 4.01. The molecular weight excluding hydrogens is 419 g/mol. The van der Waals surface area contributed by atoms with E-state index in [0.29, 0.717) is 24.2 Å². The van der Waals surface area contributed by atoms with Gasteiger partial charge in [-0.05, 0) is 55.5 Å². The topological polar surface area (TPSA) is 61.4 Å². The van der Waals surface area contributed by atoms with Crippen LogP contribution in [-0.4, -0.2) is 30.9 Å². The Hall–Kier alpha value is -3.03. The van der Waals surface area contributed by atoms with Crippen molar-refractivity contribution in [2.45, 2.75) is 44.4 Å². The van der Waals surface area contributed by atoms with Crippen LogP contribution in [0, 0.1) is 5.92 Å². The molecule has 0 bridgehead atoms. The molecule has 8 heteroatoms. The molecule has 0 spiro atoms. The molecule has 1 heterocycles. The number of nitrogens with one attached hydrogen (secondary N) is 2. The van der Waals surface area contributed by atoms with E-state index in [1.807, 2.05) is 12.1 Å². The van der Waals surface area contributed by atoms with Crippen molar-refractivity contribution >= 4 is 17.5 Å². The average molecular weight is 445 g/mol. The van der Waals surface area contributed by atoms with Gasteiger partial charge in [-0.2, -0.15) is 13.2 Å². The van der Waals surface area contributed by atoms with Gasteiger partial charge >= 0.3 is 6.18 Å². The maximum absolute atomic E-state index is 12.9. The van der Waals surface area contributed by atoms with Crippen molar-refractivity contribution in [1.82, 2.24) is 10.6 Å².